The first kappa shape index (κ1) is 14.5. The molecule has 0 unspecified atom stereocenters. The van der Waals surface area contributed by atoms with Crippen molar-refractivity contribution in [3.05, 3.63) is 34.5 Å². The minimum atomic E-state index is -0.682. The topological polar surface area (TPSA) is 40.5 Å². The van der Waals surface area contributed by atoms with Crippen molar-refractivity contribution in [3.63, 3.8) is 0 Å². The molecule has 1 amide bonds. The van der Waals surface area contributed by atoms with Gasteiger partial charge in [0.25, 0.3) is 5.91 Å². The fourth-order valence-corrected chi connectivity index (χ4v) is 3.98. The minimum absolute atomic E-state index is 0.0522. The van der Waals surface area contributed by atoms with E-state index < -0.39 is 5.60 Å². The number of halogens is 1. The number of amides is 1. The molecule has 5 heteroatoms. The van der Waals surface area contributed by atoms with E-state index in [9.17, 15) is 14.3 Å². The Morgan fingerprint density at radius 2 is 2.05 bits per heavy atom. The molecule has 1 fully saturated rings. The molecule has 0 spiro atoms. The molecule has 3 nitrogen and oxygen atoms in total. The second-order valence-electron chi connectivity index (χ2n) is 5.96. The standard InChI is InChI=1S/C16H18FNO2S/c1-10-13-11(17)4-3-5-12(13)21-14(10)15(19)18-8-6-16(2,20)7-9-18/h3-5,20H,6-9H2,1-2H3. The number of piperidine rings is 1. The summed E-state index contributed by atoms with van der Waals surface area (Å²) in [6.45, 7) is 4.69. The highest BCUT2D eigenvalue weighted by Crippen LogP contribution is 2.34. The van der Waals surface area contributed by atoms with E-state index in [1.807, 2.05) is 6.07 Å². The van der Waals surface area contributed by atoms with Crippen LogP contribution in [0.2, 0.25) is 0 Å². The fourth-order valence-electron chi connectivity index (χ4n) is 2.79. The number of carbonyl (C=O) groups is 1. The molecule has 0 aliphatic carbocycles. The van der Waals surface area contributed by atoms with Gasteiger partial charge < -0.3 is 10.0 Å². The molecular weight excluding hydrogens is 289 g/mol. The second kappa shape index (κ2) is 5.07. The van der Waals surface area contributed by atoms with Crippen molar-refractivity contribution in [2.45, 2.75) is 32.3 Å². The number of fused-ring (bicyclic) bond motifs is 1. The molecule has 3 rings (SSSR count). The summed E-state index contributed by atoms with van der Waals surface area (Å²) in [4.78, 5) is 15.0. The third-order valence-corrected chi connectivity index (χ3v) is 5.47. The SMILES string of the molecule is Cc1c(C(=O)N2CCC(C)(O)CC2)sc2cccc(F)c12. The van der Waals surface area contributed by atoms with Crippen molar-refractivity contribution in [1.82, 2.24) is 4.90 Å². The van der Waals surface area contributed by atoms with Crippen LogP contribution in [0, 0.1) is 12.7 Å². The fraction of sp³-hybridized carbons (Fsp3) is 0.438. The molecule has 0 atom stereocenters. The molecule has 112 valence electrons. The summed E-state index contributed by atoms with van der Waals surface area (Å²) < 4.78 is 14.7. The van der Waals surface area contributed by atoms with Crippen molar-refractivity contribution < 1.29 is 14.3 Å². The number of nitrogens with zero attached hydrogens (tertiary/aromatic N) is 1. The predicted octanol–water partition coefficient (Wildman–Crippen LogP) is 3.34. The van der Waals surface area contributed by atoms with Crippen LogP contribution in [0.25, 0.3) is 10.1 Å². The van der Waals surface area contributed by atoms with E-state index >= 15 is 0 Å². The first-order valence-electron chi connectivity index (χ1n) is 7.08. The number of aryl methyl sites for hydroxylation is 1. The van der Waals surface area contributed by atoms with Crippen LogP contribution in [0.1, 0.15) is 35.0 Å². The summed E-state index contributed by atoms with van der Waals surface area (Å²) in [5, 5.41) is 10.5. The first-order chi connectivity index (χ1) is 9.89. The molecule has 1 aromatic heterocycles. The average molecular weight is 307 g/mol. The molecule has 2 heterocycles. The van der Waals surface area contributed by atoms with E-state index in [-0.39, 0.29) is 11.7 Å². The molecule has 0 bridgehead atoms. The molecule has 1 saturated heterocycles. The molecule has 2 aromatic rings. The lowest BCUT2D eigenvalue weighted by Gasteiger charge is -2.35. The third kappa shape index (κ3) is 2.56. The number of aliphatic hydroxyl groups is 1. The van der Waals surface area contributed by atoms with Crippen LogP contribution < -0.4 is 0 Å². The van der Waals surface area contributed by atoms with E-state index in [0.29, 0.717) is 36.2 Å². The minimum Gasteiger partial charge on any atom is -0.390 e. The molecule has 21 heavy (non-hydrogen) atoms. The molecular formula is C16H18FNO2S. The highest BCUT2D eigenvalue weighted by molar-refractivity contribution is 7.21. The summed E-state index contributed by atoms with van der Waals surface area (Å²) in [5.74, 6) is -0.328. The van der Waals surface area contributed by atoms with Crippen molar-refractivity contribution >= 4 is 27.3 Å². The Kier molecular flexibility index (Phi) is 3.50. The molecule has 0 radical (unpaired) electrons. The summed E-state index contributed by atoms with van der Waals surface area (Å²) >= 11 is 1.35. The quantitative estimate of drug-likeness (QED) is 0.878. The maximum Gasteiger partial charge on any atom is 0.264 e. The summed E-state index contributed by atoms with van der Waals surface area (Å²) in [7, 11) is 0. The Balaban J connectivity index is 1.92. The zero-order valence-electron chi connectivity index (χ0n) is 12.1. The van der Waals surface area contributed by atoms with Crippen LogP contribution in [-0.4, -0.2) is 34.6 Å². The Morgan fingerprint density at radius 3 is 2.67 bits per heavy atom. The zero-order valence-corrected chi connectivity index (χ0v) is 13.0. The monoisotopic (exact) mass is 307 g/mol. The second-order valence-corrected chi connectivity index (χ2v) is 7.01. The Hall–Kier alpha value is -1.46. The Bertz CT molecular complexity index is 698. The summed E-state index contributed by atoms with van der Waals surface area (Å²) in [6.07, 6.45) is 1.16. The first-order valence-corrected chi connectivity index (χ1v) is 7.90. The summed E-state index contributed by atoms with van der Waals surface area (Å²) in [5.41, 5.74) is 0.0355. The van der Waals surface area contributed by atoms with Gasteiger partial charge in [-0.3, -0.25) is 4.79 Å². The number of hydrogen-bond acceptors (Lipinski definition) is 3. The normalized spacial score (nSPS) is 18.2. The third-order valence-electron chi connectivity index (χ3n) is 4.23. The highest BCUT2D eigenvalue weighted by atomic mass is 32.1. The van der Waals surface area contributed by atoms with E-state index in [4.69, 9.17) is 0 Å². The van der Waals surface area contributed by atoms with Crippen molar-refractivity contribution in [2.24, 2.45) is 0 Å². The van der Waals surface area contributed by atoms with Gasteiger partial charge in [-0.1, -0.05) is 6.07 Å². The lowest BCUT2D eigenvalue weighted by Crippen LogP contribution is -2.45. The van der Waals surface area contributed by atoms with Crippen LogP contribution in [0.4, 0.5) is 4.39 Å². The highest BCUT2D eigenvalue weighted by Gasteiger charge is 2.31. The van der Waals surface area contributed by atoms with Crippen molar-refractivity contribution in [1.29, 1.82) is 0 Å². The number of rotatable bonds is 1. The molecule has 0 saturated carbocycles. The van der Waals surface area contributed by atoms with Gasteiger partial charge in [0.15, 0.2) is 0 Å². The van der Waals surface area contributed by atoms with Gasteiger partial charge in [-0.2, -0.15) is 0 Å². The lowest BCUT2D eigenvalue weighted by atomic mass is 9.93. The number of benzene rings is 1. The Labute approximate surface area is 127 Å². The van der Waals surface area contributed by atoms with Crippen LogP contribution in [0.15, 0.2) is 18.2 Å². The van der Waals surface area contributed by atoms with Gasteiger partial charge in [0.1, 0.15) is 5.82 Å². The molecule has 1 aromatic carbocycles. The van der Waals surface area contributed by atoms with Gasteiger partial charge in [-0.05, 0) is 44.4 Å². The summed E-state index contributed by atoms with van der Waals surface area (Å²) in [6, 6.07) is 4.93. The lowest BCUT2D eigenvalue weighted by molar-refractivity contribution is -0.00189. The Morgan fingerprint density at radius 1 is 1.38 bits per heavy atom. The van der Waals surface area contributed by atoms with Crippen molar-refractivity contribution in [2.75, 3.05) is 13.1 Å². The average Bonchev–Trinajstić information content (AvgIpc) is 2.77. The van der Waals surface area contributed by atoms with Crippen LogP contribution in [0.5, 0.6) is 0 Å². The van der Waals surface area contributed by atoms with E-state index in [1.54, 1.807) is 24.8 Å². The van der Waals surface area contributed by atoms with Crippen LogP contribution >= 0.6 is 11.3 Å². The number of hydrogen-bond donors (Lipinski definition) is 1. The van der Waals surface area contributed by atoms with Gasteiger partial charge >= 0.3 is 0 Å². The number of likely N-dealkylation sites (tertiary alicyclic amines) is 1. The number of carbonyl (C=O) groups excluding carboxylic acids is 1. The zero-order chi connectivity index (χ0) is 15.2. The van der Waals surface area contributed by atoms with Gasteiger partial charge in [-0.15, -0.1) is 11.3 Å². The van der Waals surface area contributed by atoms with Gasteiger partial charge in [0.2, 0.25) is 0 Å². The van der Waals surface area contributed by atoms with Gasteiger partial charge in [0.05, 0.1) is 10.5 Å². The van der Waals surface area contributed by atoms with Gasteiger partial charge in [0, 0.05) is 23.2 Å². The van der Waals surface area contributed by atoms with Crippen molar-refractivity contribution in [3.8, 4) is 0 Å². The maximum absolute atomic E-state index is 13.9. The van der Waals surface area contributed by atoms with Gasteiger partial charge in [-0.25, -0.2) is 4.39 Å². The van der Waals surface area contributed by atoms with E-state index in [1.165, 1.54) is 17.4 Å². The van der Waals surface area contributed by atoms with Crippen LogP contribution in [0.3, 0.4) is 0 Å². The van der Waals surface area contributed by atoms with E-state index in [2.05, 4.69) is 0 Å². The molecule has 1 aliphatic rings. The molecule has 1 aliphatic heterocycles. The molecule has 1 N–H and O–H groups in total. The smallest absolute Gasteiger partial charge is 0.264 e. The maximum atomic E-state index is 13.9. The van der Waals surface area contributed by atoms with E-state index in [0.717, 1.165) is 10.3 Å². The van der Waals surface area contributed by atoms with Crippen LogP contribution in [-0.2, 0) is 0 Å². The predicted molar refractivity (Wildman–Crippen MR) is 82.3 cm³/mol. The number of thiophene rings is 1. The largest absolute Gasteiger partial charge is 0.390 e.